The van der Waals surface area contributed by atoms with Crippen LogP contribution in [0.3, 0.4) is 0 Å². The Labute approximate surface area is 57.2 Å². The van der Waals surface area contributed by atoms with Crippen LogP contribution in [0.5, 0.6) is 0 Å². The Balaban J connectivity index is 3.30. The van der Waals surface area contributed by atoms with Crippen molar-refractivity contribution in [3.8, 4) is 0 Å². The van der Waals surface area contributed by atoms with Crippen molar-refractivity contribution in [2.24, 2.45) is 0 Å². The van der Waals surface area contributed by atoms with Crippen LogP contribution in [-0.2, 0) is 9.73 Å². The van der Waals surface area contributed by atoms with Crippen molar-refractivity contribution in [2.75, 3.05) is 0 Å². The zero-order chi connectivity index (χ0) is 7.98. The quantitative estimate of drug-likeness (QED) is 0.450. The lowest BCUT2D eigenvalue weighted by Crippen LogP contribution is -2.25. The van der Waals surface area contributed by atoms with Gasteiger partial charge in [0.2, 0.25) is 5.91 Å². The van der Waals surface area contributed by atoms with Gasteiger partial charge in [0, 0.05) is 6.42 Å². The van der Waals surface area contributed by atoms with E-state index in [-0.39, 0.29) is 6.42 Å². The van der Waals surface area contributed by atoms with Crippen molar-refractivity contribution in [1.29, 1.82) is 0 Å². The molecule has 0 radical (unpaired) electrons. The minimum absolute atomic E-state index is 0.230. The number of carbonyl (C=O) groups excluding carboxylic acids is 1. The predicted octanol–water partition coefficient (Wildman–Crippen LogP) is 0.0260. The van der Waals surface area contributed by atoms with Crippen LogP contribution in [0.25, 0.3) is 0 Å². The highest BCUT2D eigenvalue weighted by Gasteiger charge is 2.00. The lowest BCUT2D eigenvalue weighted by atomic mass is 10.3. The molecule has 0 aliphatic rings. The van der Waals surface area contributed by atoms with Gasteiger partial charge in [-0.3, -0.25) is 4.79 Å². The molecule has 0 aliphatic carbocycles. The highest BCUT2D eigenvalue weighted by atomic mass is 17.0. The van der Waals surface area contributed by atoms with Gasteiger partial charge in [-0.15, -0.1) is 10.1 Å². The molecule has 0 saturated carbocycles. The number of amides is 1. The van der Waals surface area contributed by atoms with Gasteiger partial charge < -0.3 is 0 Å². The molecular weight excluding hydrogens is 140 g/mol. The first-order valence-electron chi connectivity index (χ1n) is 2.77. The summed E-state index contributed by atoms with van der Waals surface area (Å²) in [6.07, 6.45) is 0.862. The van der Waals surface area contributed by atoms with E-state index in [4.69, 9.17) is 0 Å². The molecule has 0 heterocycles. The van der Waals surface area contributed by atoms with Crippen LogP contribution < -0.4 is 5.48 Å². The van der Waals surface area contributed by atoms with Crippen LogP contribution in [0.4, 0.5) is 0 Å². The smallest absolute Gasteiger partial charge is 0.273 e. The molecule has 0 bridgehead atoms. The van der Waals surface area contributed by atoms with Crippen LogP contribution in [0.1, 0.15) is 19.8 Å². The third-order valence-electron chi connectivity index (χ3n) is 0.711. The minimum Gasteiger partial charge on any atom is -0.273 e. The van der Waals surface area contributed by atoms with Crippen LogP contribution >= 0.6 is 0 Å². The normalized spacial score (nSPS) is 8.50. The third kappa shape index (κ3) is 4.82. The fourth-order valence-corrected chi connectivity index (χ4v) is 0.366. The maximum absolute atomic E-state index is 10.4. The summed E-state index contributed by atoms with van der Waals surface area (Å²) in [6.45, 7) is 1.78. The summed E-state index contributed by atoms with van der Waals surface area (Å²) in [5.74, 6) is -0.487. The van der Waals surface area contributed by atoms with Crippen molar-refractivity contribution in [1.82, 2.24) is 5.48 Å². The second-order valence-corrected chi connectivity index (χ2v) is 1.59. The summed E-state index contributed by atoms with van der Waals surface area (Å²) < 4.78 is 0. The van der Waals surface area contributed by atoms with Gasteiger partial charge in [0.05, 0.1) is 0 Å². The molecule has 1 amide bonds. The number of carbonyl (C=O) groups is 1. The Kier molecular flexibility index (Phi) is 3.94. The van der Waals surface area contributed by atoms with E-state index in [9.17, 15) is 14.9 Å². The van der Waals surface area contributed by atoms with E-state index in [0.717, 1.165) is 0 Å². The molecule has 0 rings (SSSR count). The van der Waals surface area contributed by atoms with Crippen LogP contribution in [0, 0.1) is 10.1 Å². The summed E-state index contributed by atoms with van der Waals surface area (Å²) in [6, 6.07) is 0. The first kappa shape index (κ1) is 8.67. The SMILES string of the molecule is CCCC(=O)NO[N+](=O)[O-]. The van der Waals surface area contributed by atoms with Gasteiger partial charge in [0.1, 0.15) is 0 Å². The molecule has 0 saturated heterocycles. The Morgan fingerprint density at radius 3 is 2.80 bits per heavy atom. The second-order valence-electron chi connectivity index (χ2n) is 1.59. The number of hydrogen-bond donors (Lipinski definition) is 1. The largest absolute Gasteiger partial charge is 0.316 e. The van der Waals surface area contributed by atoms with Crippen LogP contribution in [0.15, 0.2) is 0 Å². The molecule has 0 aromatic carbocycles. The van der Waals surface area contributed by atoms with E-state index in [1.54, 1.807) is 12.4 Å². The van der Waals surface area contributed by atoms with Gasteiger partial charge in [-0.2, -0.15) is 10.4 Å². The summed E-state index contributed by atoms with van der Waals surface area (Å²) in [5, 5.41) is 8.40. The fraction of sp³-hybridized carbons (Fsp3) is 0.750. The number of hydrogen-bond acceptors (Lipinski definition) is 4. The second kappa shape index (κ2) is 4.54. The highest BCUT2D eigenvalue weighted by molar-refractivity contribution is 5.74. The Morgan fingerprint density at radius 2 is 2.40 bits per heavy atom. The van der Waals surface area contributed by atoms with E-state index < -0.39 is 11.0 Å². The van der Waals surface area contributed by atoms with Gasteiger partial charge in [-0.1, -0.05) is 6.92 Å². The molecule has 1 N–H and O–H groups in total. The maximum atomic E-state index is 10.4. The number of nitrogens with one attached hydrogen (secondary N) is 1. The van der Waals surface area contributed by atoms with Crippen molar-refractivity contribution in [2.45, 2.75) is 19.8 Å². The van der Waals surface area contributed by atoms with Gasteiger partial charge in [-0.25, -0.2) is 0 Å². The van der Waals surface area contributed by atoms with Crippen molar-refractivity contribution in [3.63, 3.8) is 0 Å². The summed E-state index contributed by atoms with van der Waals surface area (Å²) in [4.78, 5) is 23.5. The lowest BCUT2D eigenvalue weighted by Gasteiger charge is -1.97. The van der Waals surface area contributed by atoms with Crippen LogP contribution in [0.2, 0.25) is 0 Å². The topological polar surface area (TPSA) is 81.5 Å². The van der Waals surface area contributed by atoms with Gasteiger partial charge >= 0.3 is 5.09 Å². The van der Waals surface area contributed by atoms with Gasteiger partial charge in [-0.05, 0) is 6.42 Å². The predicted molar refractivity (Wildman–Crippen MR) is 31.1 cm³/mol. The number of nitrogens with zero attached hydrogens (tertiary/aromatic N) is 1. The monoisotopic (exact) mass is 148 g/mol. The van der Waals surface area contributed by atoms with Crippen molar-refractivity contribution in [3.05, 3.63) is 10.1 Å². The molecule has 0 aliphatic heterocycles. The molecule has 58 valence electrons. The summed E-state index contributed by atoms with van der Waals surface area (Å²) in [5.41, 5.74) is 1.64. The van der Waals surface area contributed by atoms with Gasteiger partial charge in [0.15, 0.2) is 0 Å². The molecule has 10 heavy (non-hydrogen) atoms. The number of rotatable bonds is 4. The Hall–Kier alpha value is -1.33. The zero-order valence-corrected chi connectivity index (χ0v) is 5.49. The molecular formula is C4H8N2O4. The fourth-order valence-electron chi connectivity index (χ4n) is 0.366. The molecule has 0 aromatic heterocycles. The molecule has 6 nitrogen and oxygen atoms in total. The first-order chi connectivity index (χ1) is 4.66. The molecule has 6 heteroatoms. The van der Waals surface area contributed by atoms with E-state index in [0.29, 0.717) is 6.42 Å². The minimum atomic E-state index is -1.08. The van der Waals surface area contributed by atoms with E-state index in [1.807, 2.05) is 0 Å². The summed E-state index contributed by atoms with van der Waals surface area (Å²) in [7, 11) is 0. The lowest BCUT2D eigenvalue weighted by molar-refractivity contribution is -0.772. The van der Waals surface area contributed by atoms with Gasteiger partial charge in [0.25, 0.3) is 0 Å². The third-order valence-corrected chi connectivity index (χ3v) is 0.711. The molecule has 0 spiro atoms. The zero-order valence-electron chi connectivity index (χ0n) is 5.49. The average Bonchev–Trinajstić information content (AvgIpc) is 1.85. The molecule has 0 fully saturated rings. The summed E-state index contributed by atoms with van der Waals surface area (Å²) >= 11 is 0. The van der Waals surface area contributed by atoms with E-state index in [1.165, 1.54) is 0 Å². The Bertz CT molecular complexity index is 135. The molecule has 0 atom stereocenters. The molecule has 0 aromatic rings. The van der Waals surface area contributed by atoms with Crippen molar-refractivity contribution < 1.29 is 14.8 Å². The van der Waals surface area contributed by atoms with E-state index >= 15 is 0 Å². The highest BCUT2D eigenvalue weighted by Crippen LogP contribution is 1.84. The van der Waals surface area contributed by atoms with Crippen LogP contribution in [-0.4, -0.2) is 11.0 Å². The van der Waals surface area contributed by atoms with Crippen molar-refractivity contribution >= 4 is 5.91 Å². The Morgan fingerprint density at radius 1 is 1.80 bits per heavy atom. The first-order valence-corrected chi connectivity index (χ1v) is 2.77. The van der Waals surface area contributed by atoms with E-state index in [2.05, 4.69) is 4.94 Å². The molecule has 0 unspecified atom stereocenters. The average molecular weight is 148 g/mol. The maximum Gasteiger partial charge on any atom is 0.316 e. The standard InChI is InChI=1S/C4H8N2O4/c1-2-3-4(7)5-10-6(8)9/h2-3H2,1H3,(H,5,7). The number of hydroxylamine groups is 1.